The Morgan fingerprint density at radius 1 is 0.963 bits per heavy atom. The molecule has 0 aliphatic carbocycles. The zero-order chi connectivity index (χ0) is 20.6. The molecule has 0 aromatic heterocycles. The minimum atomic E-state index is -0.591. The number of thioether (sulfide) groups is 1. The molecule has 0 bridgehead atoms. The molecule has 2 rings (SSSR count). The maximum atomic E-state index is 13.9. The first kappa shape index (κ1) is 21.8. The van der Waals surface area contributed by atoms with E-state index in [1.165, 1.54) is 23.9 Å². The molecule has 2 aromatic carbocycles. The molecule has 2 aromatic rings. The Morgan fingerprint density at radius 2 is 1.48 bits per heavy atom. The Bertz CT molecular complexity index is 827. The van der Waals surface area contributed by atoms with Crippen molar-refractivity contribution in [2.75, 3.05) is 0 Å². The third-order valence-corrected chi connectivity index (χ3v) is 5.88. The topological polar surface area (TPSA) is 20.2 Å². The Balaban J connectivity index is 2.37. The number of halogens is 2. The van der Waals surface area contributed by atoms with Gasteiger partial charge >= 0.3 is 0 Å². The first-order valence-corrected chi connectivity index (χ1v) is 10.2. The summed E-state index contributed by atoms with van der Waals surface area (Å²) >= 11 is 6.92. The van der Waals surface area contributed by atoms with Gasteiger partial charge in [0.15, 0.2) is 0 Å². The number of rotatable bonds is 3. The lowest BCUT2D eigenvalue weighted by Gasteiger charge is -2.28. The van der Waals surface area contributed by atoms with Gasteiger partial charge in [-0.3, -0.25) is 0 Å². The maximum absolute atomic E-state index is 13.9. The van der Waals surface area contributed by atoms with Crippen LogP contribution in [0.4, 0.5) is 8.78 Å². The highest BCUT2D eigenvalue weighted by Gasteiger charge is 2.27. The van der Waals surface area contributed by atoms with Gasteiger partial charge in [0.2, 0.25) is 0 Å². The fraction of sp³-hybridized carbons (Fsp3) is 0.409. The molecule has 5 heteroatoms. The lowest BCUT2D eigenvalue weighted by atomic mass is 9.78. The highest BCUT2D eigenvalue weighted by Crippen LogP contribution is 2.40. The second kappa shape index (κ2) is 7.88. The zero-order valence-electron chi connectivity index (χ0n) is 16.6. The lowest BCUT2D eigenvalue weighted by Crippen LogP contribution is -2.18. The van der Waals surface area contributed by atoms with Crippen LogP contribution in [-0.2, 0) is 16.6 Å². The summed E-state index contributed by atoms with van der Waals surface area (Å²) in [4.78, 5) is 0. The molecule has 0 aliphatic heterocycles. The van der Waals surface area contributed by atoms with Crippen LogP contribution in [-0.4, -0.2) is 9.30 Å². The number of hydrogen-bond acceptors (Lipinski definition) is 3. The monoisotopic (exact) mass is 408 g/mol. The lowest BCUT2D eigenvalue weighted by molar-refractivity contribution is 0.423. The van der Waals surface area contributed by atoms with Crippen LogP contribution in [0.1, 0.15) is 63.8 Å². The average Bonchev–Trinajstić information content (AvgIpc) is 2.51. The van der Waals surface area contributed by atoms with Crippen LogP contribution in [0.3, 0.4) is 0 Å². The first-order chi connectivity index (χ1) is 12.3. The predicted molar refractivity (Wildman–Crippen MR) is 115 cm³/mol. The molecule has 0 fully saturated rings. The normalized spacial score (nSPS) is 12.3. The van der Waals surface area contributed by atoms with E-state index in [2.05, 4.69) is 0 Å². The zero-order valence-corrected chi connectivity index (χ0v) is 18.2. The molecule has 0 spiro atoms. The van der Waals surface area contributed by atoms with Crippen molar-refractivity contribution in [3.05, 3.63) is 64.2 Å². The molecule has 146 valence electrons. The van der Waals surface area contributed by atoms with Gasteiger partial charge in [0.1, 0.15) is 17.4 Å². The molecule has 0 aliphatic rings. The van der Waals surface area contributed by atoms with Crippen LogP contribution in [0.2, 0.25) is 0 Å². The van der Waals surface area contributed by atoms with Crippen molar-refractivity contribution < 1.29 is 13.9 Å². The molecule has 1 nitrogen and oxygen atoms in total. The Labute approximate surface area is 170 Å². The molecule has 0 saturated heterocycles. The van der Waals surface area contributed by atoms with Crippen molar-refractivity contribution in [2.45, 2.75) is 58.1 Å². The molecule has 0 atom stereocenters. The number of benzene rings is 2. The third-order valence-electron chi connectivity index (χ3n) is 4.34. The van der Waals surface area contributed by atoms with Gasteiger partial charge in [-0.25, -0.2) is 8.78 Å². The van der Waals surface area contributed by atoms with Gasteiger partial charge in [0.25, 0.3) is 0 Å². The molecule has 1 N–H and O–H groups in total. The van der Waals surface area contributed by atoms with E-state index < -0.39 is 11.6 Å². The van der Waals surface area contributed by atoms with Crippen molar-refractivity contribution in [2.24, 2.45) is 0 Å². The molecule has 0 radical (unpaired) electrons. The molecular weight excluding hydrogens is 382 g/mol. The van der Waals surface area contributed by atoms with Gasteiger partial charge in [-0.05, 0) is 40.2 Å². The van der Waals surface area contributed by atoms with E-state index in [1.54, 1.807) is 0 Å². The van der Waals surface area contributed by atoms with Crippen molar-refractivity contribution >= 4 is 28.2 Å². The first-order valence-electron chi connectivity index (χ1n) is 8.79. The van der Waals surface area contributed by atoms with Gasteiger partial charge in [-0.15, -0.1) is 11.8 Å². The Hall–Kier alpha value is -1.46. The third kappa shape index (κ3) is 5.29. The number of aromatic hydroxyl groups is 1. The van der Waals surface area contributed by atoms with Crippen LogP contribution in [0, 0.1) is 11.6 Å². The molecule has 0 amide bonds. The van der Waals surface area contributed by atoms with E-state index >= 15 is 0 Å². The summed E-state index contributed by atoms with van der Waals surface area (Å²) in [6.45, 7) is 12.3. The summed E-state index contributed by atoms with van der Waals surface area (Å²) in [5, 5.41) is 10.8. The Morgan fingerprint density at radius 3 is 1.93 bits per heavy atom. The van der Waals surface area contributed by atoms with Crippen LogP contribution in [0.5, 0.6) is 5.75 Å². The minimum absolute atomic E-state index is 0.247. The minimum Gasteiger partial charge on any atom is -0.507 e. The van der Waals surface area contributed by atoms with Gasteiger partial charge < -0.3 is 5.11 Å². The molecule has 27 heavy (non-hydrogen) atoms. The molecule has 0 unspecified atom stereocenters. The molecular formula is C22H26F2OS2. The standard InChI is InChI=1S/C22H26F2OS2/c1-21(2,3)16-9-14(10-17(19(16)25)22(4,5)6)20(26)27-12-13-7-8-15(23)11-18(13)24/h7-11,25H,12H2,1-6H3. The summed E-state index contributed by atoms with van der Waals surface area (Å²) in [7, 11) is 0. The summed E-state index contributed by atoms with van der Waals surface area (Å²) in [6.07, 6.45) is 0. The van der Waals surface area contributed by atoms with E-state index in [4.69, 9.17) is 12.2 Å². The van der Waals surface area contributed by atoms with Gasteiger partial charge in [0, 0.05) is 22.9 Å². The van der Waals surface area contributed by atoms with Crippen molar-refractivity contribution in [1.29, 1.82) is 0 Å². The van der Waals surface area contributed by atoms with E-state index in [-0.39, 0.29) is 10.8 Å². The largest absolute Gasteiger partial charge is 0.507 e. The summed E-state index contributed by atoms with van der Waals surface area (Å²) in [6, 6.07) is 7.41. The van der Waals surface area contributed by atoms with Gasteiger partial charge in [0.05, 0.1) is 4.20 Å². The van der Waals surface area contributed by atoms with Crippen molar-refractivity contribution in [3.8, 4) is 5.75 Å². The fourth-order valence-corrected chi connectivity index (χ4v) is 3.86. The highest BCUT2D eigenvalue weighted by atomic mass is 32.2. The number of phenolic OH excluding ortho intramolecular Hbond substituents is 1. The molecule has 0 heterocycles. The van der Waals surface area contributed by atoms with Crippen LogP contribution >= 0.6 is 24.0 Å². The number of thiocarbonyl (C=S) groups is 1. The van der Waals surface area contributed by atoms with E-state index in [9.17, 15) is 13.9 Å². The predicted octanol–water partition coefficient (Wildman–Crippen LogP) is 6.87. The highest BCUT2D eigenvalue weighted by molar-refractivity contribution is 8.23. The summed E-state index contributed by atoms with van der Waals surface area (Å²) in [5.74, 6) is -0.536. The second-order valence-electron chi connectivity index (χ2n) is 8.73. The smallest absolute Gasteiger partial charge is 0.130 e. The van der Waals surface area contributed by atoms with Crippen LogP contribution in [0.15, 0.2) is 30.3 Å². The maximum Gasteiger partial charge on any atom is 0.130 e. The summed E-state index contributed by atoms with van der Waals surface area (Å²) in [5.41, 5.74) is 2.42. The summed E-state index contributed by atoms with van der Waals surface area (Å²) < 4.78 is 27.6. The number of phenols is 1. The SMILES string of the molecule is CC(C)(C)c1cc(C(=S)SCc2ccc(F)cc2F)cc(C(C)(C)C)c1O. The van der Waals surface area contributed by atoms with Crippen molar-refractivity contribution in [1.82, 2.24) is 0 Å². The van der Waals surface area contributed by atoms with Crippen LogP contribution in [0.25, 0.3) is 0 Å². The van der Waals surface area contributed by atoms with E-state index in [0.29, 0.717) is 21.3 Å². The quantitative estimate of drug-likeness (QED) is 0.559. The van der Waals surface area contributed by atoms with Gasteiger partial charge in [-0.1, -0.05) is 59.8 Å². The average molecular weight is 409 g/mol. The number of hydrogen-bond donors (Lipinski definition) is 1. The Kier molecular flexibility index (Phi) is 6.37. The molecule has 0 saturated carbocycles. The van der Waals surface area contributed by atoms with Crippen LogP contribution < -0.4 is 0 Å². The fourth-order valence-electron chi connectivity index (χ4n) is 2.76. The van der Waals surface area contributed by atoms with E-state index in [1.807, 2.05) is 53.7 Å². The van der Waals surface area contributed by atoms with Crippen molar-refractivity contribution in [3.63, 3.8) is 0 Å². The van der Waals surface area contributed by atoms with E-state index in [0.717, 1.165) is 22.8 Å². The van der Waals surface area contributed by atoms with Gasteiger partial charge in [-0.2, -0.15) is 0 Å². The second-order valence-corrected chi connectivity index (χ2v) is 10.4.